The summed E-state index contributed by atoms with van der Waals surface area (Å²) in [7, 11) is 0. The van der Waals surface area contributed by atoms with E-state index in [0.29, 0.717) is 12.2 Å². The van der Waals surface area contributed by atoms with Gasteiger partial charge < -0.3 is 10.2 Å². The number of halogens is 4. The van der Waals surface area contributed by atoms with E-state index in [1.165, 1.54) is 6.07 Å². The zero-order valence-electron chi connectivity index (χ0n) is 11.6. The fraction of sp³-hybridized carbons (Fsp3) is 0.500. The van der Waals surface area contributed by atoms with E-state index in [4.69, 9.17) is 5.26 Å². The van der Waals surface area contributed by atoms with Crippen LogP contribution in [0.25, 0.3) is 0 Å². The number of alkyl halides is 3. The minimum absolute atomic E-state index is 0. The van der Waals surface area contributed by atoms with E-state index in [-0.39, 0.29) is 24.0 Å². The van der Waals surface area contributed by atoms with Gasteiger partial charge in [-0.3, -0.25) is 0 Å². The van der Waals surface area contributed by atoms with Crippen LogP contribution in [0.3, 0.4) is 0 Å². The number of hydrogen-bond donors (Lipinski definition) is 1. The maximum Gasteiger partial charge on any atom is 0.416 e. The first kappa shape index (κ1) is 17.6. The number of hydrogen-bond acceptors (Lipinski definition) is 3. The number of rotatable bonds is 3. The fourth-order valence-corrected chi connectivity index (χ4v) is 2.57. The summed E-state index contributed by atoms with van der Waals surface area (Å²) in [5.74, 6) is 0. The van der Waals surface area contributed by atoms with Gasteiger partial charge in [0, 0.05) is 19.1 Å². The first-order chi connectivity index (χ1) is 9.47. The van der Waals surface area contributed by atoms with Crippen LogP contribution in [0.15, 0.2) is 18.2 Å². The van der Waals surface area contributed by atoms with E-state index < -0.39 is 11.7 Å². The highest BCUT2D eigenvalue weighted by molar-refractivity contribution is 5.85. The molecule has 3 nitrogen and oxygen atoms in total. The molecule has 0 spiro atoms. The SMILES string of the molecule is CCN(c1cc(C(F)(F)F)ccc1C#N)C1CCNC1.Cl. The number of likely N-dealkylation sites (N-methyl/N-ethyl adjacent to an activating group) is 1. The van der Waals surface area contributed by atoms with Gasteiger partial charge in [-0.1, -0.05) is 0 Å². The molecular weight excluding hydrogens is 303 g/mol. The molecule has 0 saturated carbocycles. The predicted molar refractivity (Wildman–Crippen MR) is 77.7 cm³/mol. The molecule has 21 heavy (non-hydrogen) atoms. The van der Waals surface area contributed by atoms with Crippen LogP contribution in [0.4, 0.5) is 18.9 Å². The molecule has 0 radical (unpaired) electrons. The summed E-state index contributed by atoms with van der Waals surface area (Å²) < 4.78 is 38.5. The van der Waals surface area contributed by atoms with Crippen LogP contribution in [-0.2, 0) is 6.18 Å². The van der Waals surface area contributed by atoms with Gasteiger partial charge in [0.1, 0.15) is 6.07 Å². The Bertz CT molecular complexity index is 519. The Morgan fingerprint density at radius 2 is 2.14 bits per heavy atom. The largest absolute Gasteiger partial charge is 0.416 e. The quantitative estimate of drug-likeness (QED) is 0.930. The van der Waals surface area contributed by atoms with Gasteiger partial charge in [0.15, 0.2) is 0 Å². The summed E-state index contributed by atoms with van der Waals surface area (Å²) in [6, 6.07) is 5.42. The highest BCUT2D eigenvalue weighted by atomic mass is 35.5. The number of anilines is 1. The first-order valence-electron chi connectivity index (χ1n) is 6.56. The lowest BCUT2D eigenvalue weighted by molar-refractivity contribution is -0.137. The molecule has 1 fully saturated rings. The molecule has 1 aliphatic heterocycles. The number of benzene rings is 1. The average molecular weight is 320 g/mol. The molecule has 1 unspecified atom stereocenters. The molecule has 1 saturated heterocycles. The lowest BCUT2D eigenvalue weighted by atomic mass is 10.1. The Labute approximate surface area is 128 Å². The second-order valence-electron chi connectivity index (χ2n) is 4.77. The van der Waals surface area contributed by atoms with E-state index in [0.717, 1.165) is 31.6 Å². The topological polar surface area (TPSA) is 39.1 Å². The Kier molecular flexibility index (Phi) is 5.87. The molecule has 2 rings (SSSR count). The average Bonchev–Trinajstić information content (AvgIpc) is 2.92. The molecule has 1 heterocycles. The van der Waals surface area contributed by atoms with Crippen molar-refractivity contribution in [3.05, 3.63) is 29.3 Å². The minimum Gasteiger partial charge on any atom is -0.366 e. The smallest absolute Gasteiger partial charge is 0.366 e. The molecule has 0 amide bonds. The van der Waals surface area contributed by atoms with Crippen LogP contribution in [0.2, 0.25) is 0 Å². The van der Waals surface area contributed by atoms with Crippen molar-refractivity contribution in [3.63, 3.8) is 0 Å². The zero-order valence-corrected chi connectivity index (χ0v) is 12.4. The highest BCUT2D eigenvalue weighted by Gasteiger charge is 2.32. The van der Waals surface area contributed by atoms with Gasteiger partial charge in [-0.15, -0.1) is 12.4 Å². The maximum absolute atomic E-state index is 12.8. The van der Waals surface area contributed by atoms with Crippen molar-refractivity contribution in [2.45, 2.75) is 25.6 Å². The summed E-state index contributed by atoms with van der Waals surface area (Å²) in [4.78, 5) is 1.88. The van der Waals surface area contributed by atoms with Crippen LogP contribution in [0.5, 0.6) is 0 Å². The number of nitriles is 1. The third-order valence-corrected chi connectivity index (χ3v) is 3.57. The molecule has 0 aliphatic carbocycles. The van der Waals surface area contributed by atoms with Crippen molar-refractivity contribution in [3.8, 4) is 6.07 Å². The number of nitrogens with one attached hydrogen (secondary N) is 1. The van der Waals surface area contributed by atoms with Crippen molar-refractivity contribution in [1.82, 2.24) is 5.32 Å². The Hall–Kier alpha value is -1.45. The maximum atomic E-state index is 12.8. The van der Waals surface area contributed by atoms with Crippen molar-refractivity contribution in [2.24, 2.45) is 0 Å². The molecule has 0 aromatic heterocycles. The van der Waals surface area contributed by atoms with E-state index in [9.17, 15) is 13.2 Å². The van der Waals surface area contributed by atoms with E-state index in [1.807, 2.05) is 17.9 Å². The van der Waals surface area contributed by atoms with E-state index in [1.54, 1.807) is 0 Å². The summed E-state index contributed by atoms with van der Waals surface area (Å²) in [5.41, 5.74) is -0.0545. The summed E-state index contributed by atoms with van der Waals surface area (Å²) in [6.45, 7) is 4.04. The van der Waals surface area contributed by atoms with Crippen molar-refractivity contribution in [1.29, 1.82) is 5.26 Å². The molecule has 0 bridgehead atoms. The van der Waals surface area contributed by atoms with E-state index in [2.05, 4.69) is 5.32 Å². The van der Waals surface area contributed by atoms with Crippen LogP contribution in [0.1, 0.15) is 24.5 Å². The van der Waals surface area contributed by atoms with Crippen molar-refractivity contribution < 1.29 is 13.2 Å². The molecule has 1 aliphatic rings. The normalized spacial score (nSPS) is 18.0. The van der Waals surface area contributed by atoms with Crippen LogP contribution in [-0.4, -0.2) is 25.7 Å². The summed E-state index contributed by atoms with van der Waals surface area (Å²) in [6.07, 6.45) is -3.52. The number of nitrogens with zero attached hydrogens (tertiary/aromatic N) is 2. The lowest BCUT2D eigenvalue weighted by Gasteiger charge is -2.30. The van der Waals surface area contributed by atoms with Gasteiger partial charge in [0.2, 0.25) is 0 Å². The predicted octanol–water partition coefficient (Wildman–Crippen LogP) is 3.19. The Morgan fingerprint density at radius 1 is 1.43 bits per heavy atom. The van der Waals surface area contributed by atoms with Gasteiger partial charge >= 0.3 is 6.18 Å². The molecule has 7 heteroatoms. The first-order valence-corrected chi connectivity index (χ1v) is 6.56. The zero-order chi connectivity index (χ0) is 14.8. The van der Waals surface area contributed by atoms with Crippen LogP contribution in [0, 0.1) is 11.3 Å². The van der Waals surface area contributed by atoms with E-state index >= 15 is 0 Å². The van der Waals surface area contributed by atoms with Crippen LogP contribution >= 0.6 is 12.4 Å². The fourth-order valence-electron chi connectivity index (χ4n) is 2.57. The molecular formula is C14H17ClF3N3. The molecule has 1 N–H and O–H groups in total. The Balaban J connectivity index is 0.00000220. The minimum atomic E-state index is -4.39. The third kappa shape index (κ3) is 3.80. The Morgan fingerprint density at radius 3 is 2.62 bits per heavy atom. The van der Waals surface area contributed by atoms with Crippen molar-refractivity contribution >= 4 is 18.1 Å². The van der Waals surface area contributed by atoms with Gasteiger partial charge in [-0.05, 0) is 38.1 Å². The van der Waals surface area contributed by atoms with Crippen molar-refractivity contribution in [2.75, 3.05) is 24.5 Å². The highest BCUT2D eigenvalue weighted by Crippen LogP contribution is 2.34. The second kappa shape index (κ2) is 7.01. The standard InChI is InChI=1S/C14H16F3N3.ClH/c1-2-20(12-5-6-19-9-12)13-7-11(14(15,16)17)4-3-10(13)8-18;/h3-4,7,12,19H,2,5-6,9H2,1H3;1H. The molecule has 1 aromatic rings. The third-order valence-electron chi connectivity index (χ3n) is 3.57. The van der Waals surface area contributed by atoms with Gasteiger partial charge in [0.05, 0.1) is 16.8 Å². The summed E-state index contributed by atoms with van der Waals surface area (Å²) >= 11 is 0. The molecule has 1 atom stereocenters. The van der Waals surface area contributed by atoms with Gasteiger partial charge in [-0.25, -0.2) is 0 Å². The second-order valence-corrected chi connectivity index (χ2v) is 4.77. The van der Waals surface area contributed by atoms with Crippen LogP contribution < -0.4 is 10.2 Å². The lowest BCUT2D eigenvalue weighted by Crippen LogP contribution is -2.37. The molecule has 1 aromatic carbocycles. The summed E-state index contributed by atoms with van der Waals surface area (Å²) in [5, 5.41) is 12.3. The monoisotopic (exact) mass is 319 g/mol. The van der Waals surface area contributed by atoms with Gasteiger partial charge in [-0.2, -0.15) is 18.4 Å². The molecule has 116 valence electrons. The van der Waals surface area contributed by atoms with Gasteiger partial charge in [0.25, 0.3) is 0 Å².